The molecule has 1 spiro atoms. The van der Waals surface area contributed by atoms with Crippen molar-refractivity contribution in [2.45, 2.75) is 38.3 Å². The fraction of sp³-hybridized carbons (Fsp3) is 0.355. The molecule has 2 saturated heterocycles. The van der Waals surface area contributed by atoms with Crippen LogP contribution in [0.5, 0.6) is 11.6 Å². The zero-order valence-corrected chi connectivity index (χ0v) is 24.3. The monoisotopic (exact) mass is 577 g/mol. The van der Waals surface area contributed by atoms with E-state index in [2.05, 4.69) is 28.6 Å². The van der Waals surface area contributed by atoms with E-state index in [1.807, 2.05) is 6.07 Å². The van der Waals surface area contributed by atoms with Gasteiger partial charge in [0, 0.05) is 73.5 Å². The number of phenolic OH excluding ortho intramolecular Hbond substituents is 1. The molecule has 0 unspecified atom stereocenters. The summed E-state index contributed by atoms with van der Waals surface area (Å²) in [6, 6.07) is 9.99. The van der Waals surface area contributed by atoms with Gasteiger partial charge in [-0.3, -0.25) is 9.47 Å². The maximum absolute atomic E-state index is 15.0. The van der Waals surface area contributed by atoms with Gasteiger partial charge in [-0.05, 0) is 62.6 Å². The predicted octanol–water partition coefficient (Wildman–Crippen LogP) is 5.47. The van der Waals surface area contributed by atoms with Crippen molar-refractivity contribution in [2.24, 2.45) is 7.05 Å². The van der Waals surface area contributed by atoms with Crippen LogP contribution in [-0.4, -0.2) is 62.4 Å². The average molecular weight is 578 g/mol. The molecule has 2 aliphatic rings. The second kappa shape index (κ2) is 10.2. The van der Waals surface area contributed by atoms with E-state index < -0.39 is 5.82 Å². The van der Waals surface area contributed by atoms with Gasteiger partial charge >= 0.3 is 5.69 Å². The molecule has 2 fully saturated rings. The minimum Gasteiger partial charge on any atom is -0.507 e. The first-order chi connectivity index (χ1) is 19.6. The maximum atomic E-state index is 15.0. The largest absolute Gasteiger partial charge is 0.507 e. The number of halogens is 2. The van der Waals surface area contributed by atoms with E-state index in [9.17, 15) is 9.90 Å². The van der Waals surface area contributed by atoms with Crippen LogP contribution in [0.1, 0.15) is 26.7 Å². The van der Waals surface area contributed by atoms with Crippen molar-refractivity contribution >= 4 is 17.3 Å². The molecule has 214 valence electrons. The van der Waals surface area contributed by atoms with Crippen LogP contribution in [0, 0.1) is 5.82 Å². The zero-order chi connectivity index (χ0) is 29.1. The van der Waals surface area contributed by atoms with Gasteiger partial charge in [0.25, 0.3) is 0 Å². The molecule has 0 bridgehead atoms. The summed E-state index contributed by atoms with van der Waals surface area (Å²) in [7, 11) is 3.25. The van der Waals surface area contributed by atoms with E-state index in [1.54, 1.807) is 50.9 Å². The van der Waals surface area contributed by atoms with Gasteiger partial charge in [0.1, 0.15) is 17.3 Å². The Labute approximate surface area is 243 Å². The standard InChI is InChI=1S/C31H33ClFN5O3/c1-19(2)38-10-8-31(38)7-9-36(18-31)27-14-21(17-34-29(27)41-4)24-16-22(33)15-23(28(24)39)20-5-6-26(25(32)13-20)37-12-11-35(3)30(37)40/h5-6,11-17,19,39H,7-10,18H2,1-4H3/t31-/m1/s1. The second-order valence-corrected chi connectivity index (χ2v) is 11.7. The van der Waals surface area contributed by atoms with Gasteiger partial charge in [-0.2, -0.15) is 0 Å². The molecular weight excluding hydrogens is 545 g/mol. The molecule has 0 aliphatic carbocycles. The summed E-state index contributed by atoms with van der Waals surface area (Å²) in [6.45, 7) is 7.30. The summed E-state index contributed by atoms with van der Waals surface area (Å²) in [5, 5.41) is 11.7. The summed E-state index contributed by atoms with van der Waals surface area (Å²) in [4.78, 5) is 21.8. The molecule has 4 aromatic rings. The summed E-state index contributed by atoms with van der Waals surface area (Å²) in [5.74, 6) is -0.101. The number of hydrogen-bond donors (Lipinski definition) is 1. The maximum Gasteiger partial charge on any atom is 0.332 e. The van der Waals surface area contributed by atoms with Crippen LogP contribution in [0.4, 0.5) is 10.1 Å². The molecule has 2 aromatic heterocycles. The number of aryl methyl sites for hydroxylation is 1. The van der Waals surface area contributed by atoms with Gasteiger partial charge in [-0.1, -0.05) is 17.7 Å². The molecule has 2 aliphatic heterocycles. The number of aromatic hydroxyl groups is 1. The van der Waals surface area contributed by atoms with Gasteiger partial charge < -0.3 is 19.3 Å². The van der Waals surface area contributed by atoms with Crippen molar-refractivity contribution in [1.29, 1.82) is 0 Å². The molecule has 41 heavy (non-hydrogen) atoms. The molecule has 0 saturated carbocycles. The van der Waals surface area contributed by atoms with Crippen molar-refractivity contribution in [1.82, 2.24) is 19.0 Å². The lowest BCUT2D eigenvalue weighted by Gasteiger charge is -2.53. The topological polar surface area (TPSA) is 75.8 Å². The van der Waals surface area contributed by atoms with Crippen LogP contribution >= 0.6 is 11.6 Å². The van der Waals surface area contributed by atoms with Crippen LogP contribution in [-0.2, 0) is 7.05 Å². The minimum atomic E-state index is -0.508. The Bertz CT molecular complexity index is 1700. The highest BCUT2D eigenvalue weighted by Gasteiger charge is 2.50. The lowest BCUT2D eigenvalue weighted by atomic mass is 9.82. The van der Waals surface area contributed by atoms with E-state index in [0.717, 1.165) is 38.2 Å². The second-order valence-electron chi connectivity index (χ2n) is 11.3. The first-order valence-electron chi connectivity index (χ1n) is 13.7. The summed E-state index contributed by atoms with van der Waals surface area (Å²) < 4.78 is 23.5. The lowest BCUT2D eigenvalue weighted by molar-refractivity contribution is -0.0237. The number of anilines is 1. The van der Waals surface area contributed by atoms with Gasteiger partial charge in [-0.15, -0.1) is 0 Å². The fourth-order valence-electron chi connectivity index (χ4n) is 6.39. The Kier molecular flexibility index (Phi) is 6.82. The van der Waals surface area contributed by atoms with E-state index >= 15 is 4.39 Å². The van der Waals surface area contributed by atoms with Crippen molar-refractivity contribution in [2.75, 3.05) is 31.6 Å². The highest BCUT2D eigenvalue weighted by molar-refractivity contribution is 6.32. The Morgan fingerprint density at radius 1 is 1.05 bits per heavy atom. The Balaban J connectivity index is 1.37. The first kappa shape index (κ1) is 27.4. The number of rotatable bonds is 6. The van der Waals surface area contributed by atoms with Crippen molar-refractivity contribution in [3.8, 4) is 39.6 Å². The molecule has 8 nitrogen and oxygen atoms in total. The van der Waals surface area contributed by atoms with Crippen LogP contribution < -0.4 is 15.3 Å². The number of hydrogen-bond acceptors (Lipinski definition) is 6. The Morgan fingerprint density at radius 2 is 1.78 bits per heavy atom. The number of pyridine rings is 1. The summed E-state index contributed by atoms with van der Waals surface area (Å²) in [6.07, 6.45) is 7.07. The molecule has 1 N–H and O–H groups in total. The number of phenols is 1. The minimum absolute atomic E-state index is 0.0899. The number of methoxy groups -OCH3 is 1. The highest BCUT2D eigenvalue weighted by Crippen LogP contribution is 2.45. The molecule has 6 rings (SSSR count). The molecule has 2 aromatic carbocycles. The predicted molar refractivity (Wildman–Crippen MR) is 159 cm³/mol. The van der Waals surface area contributed by atoms with Crippen molar-refractivity contribution < 1.29 is 14.2 Å². The van der Waals surface area contributed by atoms with Gasteiger partial charge in [0.05, 0.1) is 17.8 Å². The van der Waals surface area contributed by atoms with Gasteiger partial charge in [0.2, 0.25) is 5.88 Å². The molecule has 10 heteroatoms. The van der Waals surface area contributed by atoms with Crippen molar-refractivity contribution in [3.63, 3.8) is 0 Å². The van der Waals surface area contributed by atoms with E-state index in [4.69, 9.17) is 16.3 Å². The summed E-state index contributed by atoms with van der Waals surface area (Å²) >= 11 is 6.56. The quantitative estimate of drug-likeness (QED) is 0.327. The molecular formula is C31H33ClFN5O3. The third-order valence-electron chi connectivity index (χ3n) is 8.60. The van der Waals surface area contributed by atoms with Crippen LogP contribution in [0.3, 0.4) is 0 Å². The molecule has 4 heterocycles. The third kappa shape index (κ3) is 4.57. The molecule has 0 amide bonds. The molecule has 0 radical (unpaired) electrons. The van der Waals surface area contributed by atoms with Gasteiger partial charge in [-0.25, -0.2) is 14.2 Å². The van der Waals surface area contributed by atoms with Crippen LogP contribution in [0.25, 0.3) is 27.9 Å². The Hall–Kier alpha value is -3.82. The lowest BCUT2D eigenvalue weighted by Crippen LogP contribution is -2.63. The third-order valence-corrected chi connectivity index (χ3v) is 8.90. The SMILES string of the molecule is COc1ncc(-c2cc(F)cc(-c3ccc(-n4ccn(C)c4=O)c(Cl)c3)c2O)cc1N1CC[C@@]2(CCN2C(C)C)C1. The van der Waals surface area contributed by atoms with E-state index in [1.165, 1.54) is 21.3 Å². The van der Waals surface area contributed by atoms with Gasteiger partial charge in [0.15, 0.2) is 0 Å². The number of nitrogens with zero attached hydrogens (tertiary/aromatic N) is 5. The number of aromatic nitrogens is 3. The van der Waals surface area contributed by atoms with Crippen LogP contribution in [0.15, 0.2) is 59.8 Å². The summed E-state index contributed by atoms with van der Waals surface area (Å²) in [5.41, 5.74) is 2.92. The Morgan fingerprint density at radius 3 is 2.39 bits per heavy atom. The number of benzene rings is 2. The number of likely N-dealkylation sites (tertiary alicyclic amines) is 1. The fourth-order valence-corrected chi connectivity index (χ4v) is 6.66. The first-order valence-corrected chi connectivity index (χ1v) is 14.1. The van der Waals surface area contributed by atoms with Crippen molar-refractivity contribution in [3.05, 3.63) is 76.3 Å². The number of ether oxygens (including phenoxy) is 1. The molecule has 1 atom stereocenters. The van der Waals surface area contributed by atoms with E-state index in [0.29, 0.717) is 39.3 Å². The smallest absolute Gasteiger partial charge is 0.332 e. The normalized spacial score (nSPS) is 18.9. The van der Waals surface area contributed by atoms with Crippen LogP contribution in [0.2, 0.25) is 5.02 Å². The van der Waals surface area contributed by atoms with E-state index in [-0.39, 0.29) is 22.5 Å². The average Bonchev–Trinajstić information content (AvgIpc) is 3.54. The zero-order valence-electron chi connectivity index (χ0n) is 23.6. The number of imidazole rings is 1. The highest BCUT2D eigenvalue weighted by atomic mass is 35.5.